The number of hydrogen-bond donors (Lipinski definition) is 0. The zero-order chi connectivity index (χ0) is 20.2. The Balaban J connectivity index is 1.31. The molecule has 0 spiro atoms. The number of benzene rings is 2. The summed E-state index contributed by atoms with van der Waals surface area (Å²) in [5.74, 6) is -1.23. The predicted molar refractivity (Wildman–Crippen MR) is 111 cm³/mol. The Hall–Kier alpha value is -2.83. The lowest BCUT2D eigenvalue weighted by molar-refractivity contribution is -0.136. The number of amides is 1. The van der Waals surface area contributed by atoms with Crippen LogP contribution in [0.1, 0.15) is 5.56 Å². The van der Waals surface area contributed by atoms with E-state index in [1.807, 2.05) is 18.2 Å². The van der Waals surface area contributed by atoms with Crippen molar-refractivity contribution in [2.24, 2.45) is 0 Å². The number of carbonyl (C=O) groups is 2. The highest BCUT2D eigenvalue weighted by atomic mass is 19.1. The van der Waals surface area contributed by atoms with Crippen LogP contribution in [0.3, 0.4) is 0 Å². The summed E-state index contributed by atoms with van der Waals surface area (Å²) in [5.41, 5.74) is 1.75. The first-order chi connectivity index (χ1) is 14.1. The first-order valence-corrected chi connectivity index (χ1v) is 9.91. The van der Waals surface area contributed by atoms with Gasteiger partial charge in [-0.15, -0.1) is 0 Å². The third kappa shape index (κ3) is 4.44. The molecular formula is C23H24FN3O2. The molecule has 4 rings (SSSR count). The van der Waals surface area contributed by atoms with Crippen molar-refractivity contribution in [3.8, 4) is 0 Å². The van der Waals surface area contributed by atoms with Crippen LogP contribution in [0.5, 0.6) is 0 Å². The number of rotatable bonds is 5. The van der Waals surface area contributed by atoms with Gasteiger partial charge in [-0.3, -0.25) is 19.4 Å². The van der Waals surface area contributed by atoms with Gasteiger partial charge in [-0.2, -0.15) is 0 Å². The van der Waals surface area contributed by atoms with Crippen LogP contribution in [-0.4, -0.2) is 66.8 Å². The minimum absolute atomic E-state index is 0.331. The third-order valence-corrected chi connectivity index (χ3v) is 5.57. The third-order valence-electron chi connectivity index (χ3n) is 5.57. The maximum atomic E-state index is 13.1. The molecular weight excluding hydrogens is 369 g/mol. The van der Waals surface area contributed by atoms with E-state index in [1.165, 1.54) is 22.6 Å². The zero-order valence-electron chi connectivity index (χ0n) is 16.2. The van der Waals surface area contributed by atoms with Crippen molar-refractivity contribution in [1.29, 1.82) is 0 Å². The van der Waals surface area contributed by atoms with Gasteiger partial charge in [0.1, 0.15) is 5.82 Å². The lowest BCUT2D eigenvalue weighted by Crippen LogP contribution is -2.52. The largest absolute Gasteiger partial charge is 0.304 e. The minimum Gasteiger partial charge on any atom is -0.304 e. The molecule has 0 radical (unpaired) electrons. The fraction of sp³-hybridized carbons (Fsp3) is 0.304. The molecule has 0 aliphatic carbocycles. The number of ketones is 1. The molecule has 29 heavy (non-hydrogen) atoms. The van der Waals surface area contributed by atoms with E-state index in [4.69, 9.17) is 0 Å². The lowest BCUT2D eigenvalue weighted by atomic mass is 10.1. The molecule has 1 amide bonds. The van der Waals surface area contributed by atoms with Crippen LogP contribution in [0.2, 0.25) is 0 Å². The fourth-order valence-corrected chi connectivity index (χ4v) is 3.90. The molecule has 1 atom stereocenters. The summed E-state index contributed by atoms with van der Waals surface area (Å²) in [7, 11) is 0. The Morgan fingerprint density at radius 2 is 1.62 bits per heavy atom. The maximum absolute atomic E-state index is 13.1. The highest BCUT2D eigenvalue weighted by molar-refractivity contribution is 6.45. The Morgan fingerprint density at radius 3 is 2.31 bits per heavy atom. The summed E-state index contributed by atoms with van der Waals surface area (Å²) in [6.07, 6.45) is 4.28. The summed E-state index contributed by atoms with van der Waals surface area (Å²) >= 11 is 0. The van der Waals surface area contributed by atoms with Crippen molar-refractivity contribution >= 4 is 23.5 Å². The van der Waals surface area contributed by atoms with E-state index >= 15 is 0 Å². The summed E-state index contributed by atoms with van der Waals surface area (Å²) in [6, 6.07) is 15.5. The molecule has 2 saturated heterocycles. The van der Waals surface area contributed by atoms with Gasteiger partial charge in [-0.05, 0) is 29.8 Å². The molecule has 2 fully saturated rings. The van der Waals surface area contributed by atoms with Gasteiger partial charge >= 0.3 is 0 Å². The first-order valence-electron chi connectivity index (χ1n) is 9.91. The molecule has 0 aromatic heterocycles. The summed E-state index contributed by atoms with van der Waals surface area (Å²) in [4.78, 5) is 30.9. The topological polar surface area (TPSA) is 43.9 Å². The van der Waals surface area contributed by atoms with Crippen molar-refractivity contribution in [2.45, 2.75) is 6.04 Å². The lowest BCUT2D eigenvalue weighted by Gasteiger charge is -2.36. The second-order valence-corrected chi connectivity index (χ2v) is 7.42. The van der Waals surface area contributed by atoms with E-state index in [0.29, 0.717) is 12.2 Å². The predicted octanol–water partition coefficient (Wildman–Crippen LogP) is 2.44. The molecule has 5 nitrogen and oxygen atoms in total. The van der Waals surface area contributed by atoms with Crippen LogP contribution in [0, 0.1) is 5.82 Å². The number of carbonyl (C=O) groups excluding carboxylic acids is 2. The Bertz CT molecular complexity index is 890. The highest BCUT2D eigenvalue weighted by Crippen LogP contribution is 2.23. The molecule has 6 heteroatoms. The van der Waals surface area contributed by atoms with Crippen molar-refractivity contribution < 1.29 is 14.0 Å². The highest BCUT2D eigenvalue weighted by Gasteiger charge is 2.43. The van der Waals surface area contributed by atoms with E-state index < -0.39 is 11.9 Å². The van der Waals surface area contributed by atoms with Crippen molar-refractivity contribution in [2.75, 3.05) is 44.2 Å². The average molecular weight is 393 g/mol. The van der Waals surface area contributed by atoms with E-state index in [-0.39, 0.29) is 11.6 Å². The van der Waals surface area contributed by atoms with Crippen LogP contribution in [0.15, 0.2) is 60.7 Å². The monoisotopic (exact) mass is 393 g/mol. The van der Waals surface area contributed by atoms with Gasteiger partial charge in [0, 0.05) is 45.0 Å². The molecule has 2 heterocycles. The number of piperazine rings is 1. The molecule has 2 aromatic carbocycles. The molecule has 2 aliphatic heterocycles. The molecule has 0 N–H and O–H groups in total. The summed E-state index contributed by atoms with van der Waals surface area (Å²) in [6.45, 7) is 4.40. The number of halogens is 1. The van der Waals surface area contributed by atoms with Crippen LogP contribution >= 0.6 is 0 Å². The second-order valence-electron chi connectivity index (χ2n) is 7.42. The Kier molecular flexibility index (Phi) is 5.83. The zero-order valence-corrected chi connectivity index (χ0v) is 16.2. The van der Waals surface area contributed by atoms with Gasteiger partial charge in [-0.1, -0.05) is 42.5 Å². The number of anilines is 1. The van der Waals surface area contributed by atoms with E-state index in [1.54, 1.807) is 12.1 Å². The van der Waals surface area contributed by atoms with Gasteiger partial charge in [0.05, 0.1) is 6.04 Å². The minimum atomic E-state index is -0.505. The Labute approximate surface area is 170 Å². The summed E-state index contributed by atoms with van der Waals surface area (Å²) < 4.78 is 13.1. The van der Waals surface area contributed by atoms with Crippen LogP contribution in [0.4, 0.5) is 10.1 Å². The molecule has 0 bridgehead atoms. The van der Waals surface area contributed by atoms with Crippen LogP contribution < -0.4 is 4.90 Å². The van der Waals surface area contributed by atoms with Crippen molar-refractivity contribution in [1.82, 2.24) is 9.80 Å². The van der Waals surface area contributed by atoms with E-state index in [0.717, 1.165) is 32.7 Å². The van der Waals surface area contributed by atoms with Gasteiger partial charge in [0.25, 0.3) is 5.91 Å². The SMILES string of the molecule is O=C1C(=O)N(c2ccc(F)cc2)C[C@@H]1N1CCN(C/C=C/c2ccccc2)CC1. The molecule has 150 valence electrons. The van der Waals surface area contributed by atoms with Gasteiger partial charge in [-0.25, -0.2) is 4.39 Å². The summed E-state index contributed by atoms with van der Waals surface area (Å²) in [5, 5.41) is 0. The maximum Gasteiger partial charge on any atom is 0.296 e. The van der Waals surface area contributed by atoms with Crippen LogP contribution in [-0.2, 0) is 9.59 Å². The van der Waals surface area contributed by atoms with Gasteiger partial charge in [0.15, 0.2) is 0 Å². The number of Topliss-reactive ketones (excluding diaryl/α,β-unsaturated/α-hetero) is 1. The molecule has 2 aliphatic rings. The first kappa shape index (κ1) is 19.5. The average Bonchev–Trinajstić information content (AvgIpc) is 3.05. The van der Waals surface area contributed by atoms with E-state index in [2.05, 4.69) is 34.1 Å². The quantitative estimate of drug-likeness (QED) is 0.732. The number of nitrogens with zero attached hydrogens (tertiary/aromatic N) is 3. The number of hydrogen-bond acceptors (Lipinski definition) is 4. The smallest absolute Gasteiger partial charge is 0.296 e. The van der Waals surface area contributed by atoms with Gasteiger partial charge in [0.2, 0.25) is 5.78 Å². The normalized spacial score (nSPS) is 21.4. The van der Waals surface area contributed by atoms with Crippen molar-refractivity contribution in [3.05, 3.63) is 72.1 Å². The Morgan fingerprint density at radius 1 is 0.931 bits per heavy atom. The second kappa shape index (κ2) is 8.68. The van der Waals surface area contributed by atoms with Crippen LogP contribution in [0.25, 0.3) is 6.08 Å². The molecule has 0 unspecified atom stereocenters. The van der Waals surface area contributed by atoms with E-state index in [9.17, 15) is 14.0 Å². The van der Waals surface area contributed by atoms with Crippen molar-refractivity contribution in [3.63, 3.8) is 0 Å². The molecule has 2 aromatic rings. The van der Waals surface area contributed by atoms with Gasteiger partial charge < -0.3 is 4.90 Å². The fourth-order valence-electron chi connectivity index (χ4n) is 3.90. The standard InChI is InChI=1S/C23H24FN3O2/c24-19-8-10-20(11-9-19)27-17-21(22(28)23(27)29)26-15-13-25(14-16-26)12-4-7-18-5-2-1-3-6-18/h1-11,21H,12-17H2/b7-4+/t21-/m0/s1. The molecule has 0 saturated carbocycles.